The average Bonchev–Trinajstić information content (AvgIpc) is 2.23. The summed E-state index contributed by atoms with van der Waals surface area (Å²) in [6, 6.07) is 0. The van der Waals surface area contributed by atoms with Crippen LogP contribution in [-0.4, -0.2) is 44.5 Å². The predicted molar refractivity (Wildman–Crippen MR) is 50.2 cm³/mol. The third-order valence-electron chi connectivity index (χ3n) is 1.32. The first kappa shape index (κ1) is 14.4. The zero-order valence-electron chi connectivity index (χ0n) is 9.35. The van der Waals surface area contributed by atoms with E-state index in [-0.39, 0.29) is 6.61 Å². The lowest BCUT2D eigenvalue weighted by atomic mass is 10.6. The minimum atomic E-state index is -1.55. The molecule has 0 aliphatic carbocycles. The van der Waals surface area contributed by atoms with Gasteiger partial charge in [-0.05, 0) is 6.92 Å². The molecule has 0 bridgehead atoms. The van der Waals surface area contributed by atoms with Gasteiger partial charge in [0.15, 0.2) is 0 Å². The van der Waals surface area contributed by atoms with E-state index < -0.39 is 30.8 Å². The Labute approximate surface area is 92.6 Å². The van der Waals surface area contributed by atoms with E-state index in [0.29, 0.717) is 0 Å². The van der Waals surface area contributed by atoms with Gasteiger partial charge in [-0.1, -0.05) is 0 Å². The lowest BCUT2D eigenvalue weighted by Crippen LogP contribution is -2.32. The summed E-state index contributed by atoms with van der Waals surface area (Å²) in [4.78, 5) is 32.6. The number of hydrogen-bond acceptors (Lipinski definition) is 7. The van der Waals surface area contributed by atoms with Crippen LogP contribution in [0.15, 0.2) is 0 Å². The Hall–Kier alpha value is -1.63. The van der Waals surface area contributed by atoms with Crippen molar-refractivity contribution in [3.63, 3.8) is 0 Å². The van der Waals surface area contributed by atoms with Crippen LogP contribution in [-0.2, 0) is 33.3 Å². The second-order valence-electron chi connectivity index (χ2n) is 2.58. The first-order valence-corrected chi connectivity index (χ1v) is 4.53. The van der Waals surface area contributed by atoms with E-state index in [0.717, 1.165) is 14.0 Å². The number of carbonyl (C=O) groups is 3. The van der Waals surface area contributed by atoms with Gasteiger partial charge >= 0.3 is 24.2 Å². The van der Waals surface area contributed by atoms with Crippen LogP contribution in [0.25, 0.3) is 0 Å². The summed E-state index contributed by atoms with van der Waals surface area (Å²) in [6.07, 6.45) is -1.55. The molecule has 7 nitrogen and oxygen atoms in total. The molecule has 0 aromatic heterocycles. The number of hydrogen-bond donors (Lipinski definition) is 0. The van der Waals surface area contributed by atoms with Crippen molar-refractivity contribution in [1.82, 2.24) is 0 Å². The molecule has 0 spiro atoms. The zero-order chi connectivity index (χ0) is 12.6. The minimum Gasteiger partial charge on any atom is -0.464 e. The number of ether oxygens (including phenoxy) is 4. The van der Waals surface area contributed by atoms with Crippen molar-refractivity contribution in [2.45, 2.75) is 20.1 Å². The van der Waals surface area contributed by atoms with Crippen molar-refractivity contribution in [1.29, 1.82) is 0 Å². The van der Waals surface area contributed by atoms with E-state index in [2.05, 4.69) is 14.2 Å². The molecule has 0 heterocycles. The molecular formula is C9H14O7. The molecule has 0 saturated carbocycles. The van der Waals surface area contributed by atoms with E-state index in [1.165, 1.54) is 0 Å². The van der Waals surface area contributed by atoms with Crippen LogP contribution < -0.4 is 0 Å². The van der Waals surface area contributed by atoms with Crippen molar-refractivity contribution >= 4 is 17.9 Å². The van der Waals surface area contributed by atoms with E-state index in [1.807, 2.05) is 0 Å². The molecule has 0 amide bonds. The zero-order valence-corrected chi connectivity index (χ0v) is 9.35. The summed E-state index contributed by atoms with van der Waals surface area (Å²) in [5, 5.41) is 0. The van der Waals surface area contributed by atoms with Crippen LogP contribution in [0.3, 0.4) is 0 Å². The van der Waals surface area contributed by atoms with Crippen LogP contribution in [0.1, 0.15) is 13.8 Å². The maximum atomic E-state index is 11.0. The molecular weight excluding hydrogens is 220 g/mol. The summed E-state index contributed by atoms with van der Waals surface area (Å²) in [7, 11) is 1.10. The smallest absolute Gasteiger partial charge is 0.376 e. The first-order valence-electron chi connectivity index (χ1n) is 4.53. The number of carbonyl (C=O) groups excluding carboxylic acids is 3. The molecule has 16 heavy (non-hydrogen) atoms. The lowest BCUT2D eigenvalue weighted by molar-refractivity contribution is -0.201. The molecule has 0 unspecified atom stereocenters. The summed E-state index contributed by atoms with van der Waals surface area (Å²) >= 11 is 0. The molecule has 0 aromatic rings. The Morgan fingerprint density at radius 3 is 2.31 bits per heavy atom. The minimum absolute atomic E-state index is 0.193. The maximum Gasteiger partial charge on any atom is 0.376 e. The number of methoxy groups -OCH3 is 1. The topological polar surface area (TPSA) is 88.1 Å². The molecule has 0 radical (unpaired) electrons. The number of rotatable bonds is 6. The van der Waals surface area contributed by atoms with Gasteiger partial charge in [-0.3, -0.25) is 4.79 Å². The van der Waals surface area contributed by atoms with Gasteiger partial charge in [0.2, 0.25) is 0 Å². The summed E-state index contributed by atoms with van der Waals surface area (Å²) < 4.78 is 18.1. The van der Waals surface area contributed by atoms with Crippen molar-refractivity contribution in [2.24, 2.45) is 0 Å². The fourth-order valence-electron chi connectivity index (χ4n) is 0.744. The Balaban J connectivity index is 4.16. The molecule has 0 aliphatic rings. The Bertz CT molecular complexity index is 261. The summed E-state index contributed by atoms with van der Waals surface area (Å²) in [5.74, 6) is -2.29. The first-order chi connectivity index (χ1) is 7.51. The molecule has 0 aliphatic heterocycles. The van der Waals surface area contributed by atoms with Gasteiger partial charge in [0.25, 0.3) is 0 Å². The van der Waals surface area contributed by atoms with E-state index in [1.54, 1.807) is 6.92 Å². The van der Waals surface area contributed by atoms with Crippen molar-refractivity contribution in [2.75, 3.05) is 20.3 Å². The summed E-state index contributed by atoms with van der Waals surface area (Å²) in [5.41, 5.74) is 0. The molecule has 0 fully saturated rings. The van der Waals surface area contributed by atoms with Gasteiger partial charge in [-0.25, -0.2) is 9.59 Å². The number of esters is 3. The van der Waals surface area contributed by atoms with E-state index >= 15 is 0 Å². The second-order valence-corrected chi connectivity index (χ2v) is 2.58. The van der Waals surface area contributed by atoms with Crippen LogP contribution in [0.5, 0.6) is 0 Å². The largest absolute Gasteiger partial charge is 0.464 e. The Kier molecular flexibility index (Phi) is 6.86. The molecule has 0 rings (SSSR count). The van der Waals surface area contributed by atoms with E-state index in [4.69, 9.17) is 4.74 Å². The quantitative estimate of drug-likeness (QED) is 0.352. The van der Waals surface area contributed by atoms with Crippen LogP contribution in [0.2, 0.25) is 0 Å². The average molecular weight is 234 g/mol. The molecule has 7 heteroatoms. The molecule has 92 valence electrons. The van der Waals surface area contributed by atoms with Gasteiger partial charge in [0, 0.05) is 6.92 Å². The summed E-state index contributed by atoms with van der Waals surface area (Å²) in [6.45, 7) is 2.42. The third-order valence-corrected chi connectivity index (χ3v) is 1.32. The molecule has 0 aromatic carbocycles. The van der Waals surface area contributed by atoms with Crippen molar-refractivity contribution < 1.29 is 33.3 Å². The monoisotopic (exact) mass is 234 g/mol. The highest BCUT2D eigenvalue weighted by atomic mass is 16.7. The predicted octanol–water partition coefficient (Wildman–Crippen LogP) is -0.372. The van der Waals surface area contributed by atoms with Gasteiger partial charge < -0.3 is 18.9 Å². The highest BCUT2D eigenvalue weighted by Crippen LogP contribution is 1.99. The van der Waals surface area contributed by atoms with Crippen LogP contribution in [0, 0.1) is 0 Å². The van der Waals surface area contributed by atoms with Crippen molar-refractivity contribution in [3.8, 4) is 0 Å². The van der Waals surface area contributed by atoms with Gasteiger partial charge in [0.05, 0.1) is 13.7 Å². The van der Waals surface area contributed by atoms with Gasteiger partial charge in [0.1, 0.15) is 6.61 Å². The van der Waals surface area contributed by atoms with Gasteiger partial charge in [-0.2, -0.15) is 0 Å². The molecule has 0 N–H and O–H groups in total. The Morgan fingerprint density at radius 2 is 1.88 bits per heavy atom. The fraction of sp³-hybridized carbons (Fsp3) is 0.667. The normalized spacial score (nSPS) is 11.4. The van der Waals surface area contributed by atoms with Crippen molar-refractivity contribution in [3.05, 3.63) is 0 Å². The fourth-order valence-corrected chi connectivity index (χ4v) is 0.744. The van der Waals surface area contributed by atoms with Crippen LogP contribution >= 0.6 is 0 Å². The molecule has 0 saturated heterocycles. The lowest BCUT2D eigenvalue weighted by Gasteiger charge is -2.14. The standard InChI is InChI=1S/C9H14O7/c1-4-14-7(11)5-15-9(8(12)13-3)16-6(2)10/h9H,4-5H2,1-3H3/t9-/m0/s1. The van der Waals surface area contributed by atoms with E-state index in [9.17, 15) is 14.4 Å². The maximum absolute atomic E-state index is 11.0. The highest BCUT2D eigenvalue weighted by Gasteiger charge is 2.24. The van der Waals surface area contributed by atoms with Gasteiger partial charge in [-0.15, -0.1) is 0 Å². The van der Waals surface area contributed by atoms with Crippen LogP contribution in [0.4, 0.5) is 0 Å². The third kappa shape index (κ3) is 5.97. The SMILES string of the molecule is CCOC(=O)CO[C@@H](OC(C)=O)C(=O)OC. The molecule has 1 atom stereocenters. The Morgan fingerprint density at radius 1 is 1.25 bits per heavy atom. The second kappa shape index (κ2) is 7.63. The highest BCUT2D eigenvalue weighted by molar-refractivity contribution is 5.78.